The quantitative estimate of drug-likeness (QED) is 0.805. The lowest BCUT2D eigenvalue weighted by Crippen LogP contribution is -2.39. The molecule has 0 aliphatic carbocycles. The minimum atomic E-state index is -0.640. The van der Waals surface area contributed by atoms with Crippen molar-refractivity contribution in [2.75, 3.05) is 6.54 Å². The van der Waals surface area contributed by atoms with E-state index in [1.807, 2.05) is 20.8 Å². The van der Waals surface area contributed by atoms with Crippen LogP contribution in [0, 0.1) is 5.41 Å². The Morgan fingerprint density at radius 1 is 1.38 bits per heavy atom. The van der Waals surface area contributed by atoms with Gasteiger partial charge < -0.3 is 15.4 Å². The van der Waals surface area contributed by atoms with Gasteiger partial charge in [-0.1, -0.05) is 44.0 Å². The van der Waals surface area contributed by atoms with E-state index in [2.05, 4.69) is 10.3 Å². The van der Waals surface area contributed by atoms with Crippen molar-refractivity contribution < 1.29 is 9.90 Å². The van der Waals surface area contributed by atoms with Gasteiger partial charge in [-0.3, -0.25) is 4.79 Å². The van der Waals surface area contributed by atoms with E-state index in [0.717, 1.165) is 5.52 Å². The molecule has 1 amide bonds. The Hall–Kier alpha value is -1.23. The summed E-state index contributed by atoms with van der Waals surface area (Å²) in [4.78, 5) is 15.1. The van der Waals surface area contributed by atoms with E-state index in [4.69, 9.17) is 23.2 Å². The van der Waals surface area contributed by atoms with Crippen LogP contribution in [0.1, 0.15) is 31.3 Å². The Kier molecular flexibility index (Phi) is 4.51. The van der Waals surface area contributed by atoms with Gasteiger partial charge in [-0.05, 0) is 23.6 Å². The summed E-state index contributed by atoms with van der Waals surface area (Å²) in [6.07, 6.45) is -0.640. The Morgan fingerprint density at radius 2 is 2.05 bits per heavy atom. The molecular formula is C15H18Cl2N2O2. The SMILES string of the molecule is CC(C)(C)C(O)CNC(=O)c1[nH]c2ccc(Cl)cc2c1Cl. The van der Waals surface area contributed by atoms with E-state index < -0.39 is 6.10 Å². The second-order valence-corrected chi connectivity index (χ2v) is 6.91. The number of benzene rings is 1. The van der Waals surface area contributed by atoms with Gasteiger partial charge in [0.2, 0.25) is 0 Å². The van der Waals surface area contributed by atoms with E-state index in [1.165, 1.54) is 0 Å². The Labute approximate surface area is 133 Å². The fraction of sp³-hybridized carbons (Fsp3) is 0.400. The normalized spacial score (nSPS) is 13.4. The number of aromatic nitrogens is 1. The molecule has 6 heteroatoms. The molecule has 2 aromatic rings. The second kappa shape index (κ2) is 5.87. The molecule has 0 bridgehead atoms. The minimum Gasteiger partial charge on any atom is -0.391 e. The summed E-state index contributed by atoms with van der Waals surface area (Å²) in [6.45, 7) is 5.87. The number of carbonyl (C=O) groups excluding carboxylic acids is 1. The number of fused-ring (bicyclic) bond motifs is 1. The van der Waals surface area contributed by atoms with Gasteiger partial charge in [0.15, 0.2) is 0 Å². The first-order valence-electron chi connectivity index (χ1n) is 6.63. The van der Waals surface area contributed by atoms with Crippen LogP contribution in [0.3, 0.4) is 0 Å². The fourth-order valence-corrected chi connectivity index (χ4v) is 2.33. The number of halogens is 2. The van der Waals surface area contributed by atoms with Crippen molar-refractivity contribution in [3.63, 3.8) is 0 Å². The summed E-state index contributed by atoms with van der Waals surface area (Å²) >= 11 is 12.1. The molecular weight excluding hydrogens is 311 g/mol. The molecule has 1 unspecified atom stereocenters. The lowest BCUT2D eigenvalue weighted by molar-refractivity contribution is 0.0585. The van der Waals surface area contributed by atoms with Crippen molar-refractivity contribution in [3.8, 4) is 0 Å². The lowest BCUT2D eigenvalue weighted by Gasteiger charge is -2.25. The summed E-state index contributed by atoms with van der Waals surface area (Å²) < 4.78 is 0. The molecule has 1 aromatic heterocycles. The van der Waals surface area contributed by atoms with Gasteiger partial charge in [0.1, 0.15) is 5.69 Å². The molecule has 114 valence electrons. The third kappa shape index (κ3) is 3.51. The predicted molar refractivity (Wildman–Crippen MR) is 86.1 cm³/mol. The highest BCUT2D eigenvalue weighted by Gasteiger charge is 2.24. The Bertz CT molecular complexity index is 674. The molecule has 1 heterocycles. The highest BCUT2D eigenvalue weighted by atomic mass is 35.5. The average molecular weight is 329 g/mol. The van der Waals surface area contributed by atoms with Crippen molar-refractivity contribution in [2.45, 2.75) is 26.9 Å². The van der Waals surface area contributed by atoms with Crippen LogP contribution in [-0.4, -0.2) is 28.6 Å². The molecule has 0 radical (unpaired) electrons. The number of nitrogens with one attached hydrogen (secondary N) is 2. The van der Waals surface area contributed by atoms with Gasteiger partial charge in [-0.25, -0.2) is 0 Å². The molecule has 0 spiro atoms. The van der Waals surface area contributed by atoms with Crippen LogP contribution >= 0.6 is 23.2 Å². The van der Waals surface area contributed by atoms with E-state index in [1.54, 1.807) is 18.2 Å². The number of hydrogen-bond acceptors (Lipinski definition) is 2. The zero-order valence-corrected chi connectivity index (χ0v) is 13.6. The highest BCUT2D eigenvalue weighted by Crippen LogP contribution is 2.29. The van der Waals surface area contributed by atoms with Crippen molar-refractivity contribution in [1.29, 1.82) is 0 Å². The maximum absolute atomic E-state index is 12.2. The van der Waals surface area contributed by atoms with Crippen LogP contribution in [0.5, 0.6) is 0 Å². The van der Waals surface area contributed by atoms with E-state index in [0.29, 0.717) is 15.4 Å². The van der Waals surface area contributed by atoms with Gasteiger partial charge in [0.05, 0.1) is 11.1 Å². The van der Waals surface area contributed by atoms with Crippen molar-refractivity contribution in [2.24, 2.45) is 5.41 Å². The van der Waals surface area contributed by atoms with Gasteiger partial charge in [0, 0.05) is 22.5 Å². The predicted octanol–water partition coefficient (Wildman–Crippen LogP) is 3.61. The Balaban J connectivity index is 2.18. The largest absolute Gasteiger partial charge is 0.391 e. The molecule has 21 heavy (non-hydrogen) atoms. The fourth-order valence-electron chi connectivity index (χ4n) is 1.87. The van der Waals surface area contributed by atoms with Gasteiger partial charge in [-0.2, -0.15) is 0 Å². The first kappa shape index (κ1) is 16.1. The zero-order chi connectivity index (χ0) is 15.8. The van der Waals surface area contributed by atoms with Gasteiger partial charge in [0.25, 0.3) is 5.91 Å². The highest BCUT2D eigenvalue weighted by molar-refractivity contribution is 6.39. The van der Waals surface area contributed by atoms with E-state index in [9.17, 15) is 9.90 Å². The summed E-state index contributed by atoms with van der Waals surface area (Å²) in [6, 6.07) is 5.20. The average Bonchev–Trinajstić information content (AvgIpc) is 2.72. The van der Waals surface area contributed by atoms with Gasteiger partial charge >= 0.3 is 0 Å². The van der Waals surface area contributed by atoms with Gasteiger partial charge in [-0.15, -0.1) is 0 Å². The van der Waals surface area contributed by atoms with Crippen LogP contribution in [-0.2, 0) is 0 Å². The summed E-state index contributed by atoms with van der Waals surface area (Å²) in [5.74, 6) is -0.351. The maximum atomic E-state index is 12.2. The van der Waals surface area contributed by atoms with E-state index >= 15 is 0 Å². The number of rotatable bonds is 3. The number of carbonyl (C=O) groups is 1. The molecule has 1 aromatic carbocycles. The van der Waals surface area contributed by atoms with Crippen LogP contribution in [0.2, 0.25) is 10.0 Å². The molecule has 0 saturated carbocycles. The molecule has 1 atom stereocenters. The number of amides is 1. The smallest absolute Gasteiger partial charge is 0.269 e. The topological polar surface area (TPSA) is 65.1 Å². The zero-order valence-electron chi connectivity index (χ0n) is 12.1. The third-order valence-electron chi connectivity index (χ3n) is 3.38. The molecule has 0 aliphatic rings. The molecule has 0 fully saturated rings. The molecule has 0 aliphatic heterocycles. The number of aliphatic hydroxyl groups excluding tert-OH is 1. The molecule has 4 nitrogen and oxygen atoms in total. The summed E-state index contributed by atoms with van der Waals surface area (Å²) in [5, 5.41) is 14.2. The number of hydrogen-bond donors (Lipinski definition) is 3. The standard InChI is InChI=1S/C15H18Cl2N2O2/c1-15(2,3)11(20)7-18-14(21)13-12(17)9-6-8(16)4-5-10(9)19-13/h4-6,11,19-20H,7H2,1-3H3,(H,18,21). The number of H-pyrrole nitrogens is 1. The summed E-state index contributed by atoms with van der Waals surface area (Å²) in [7, 11) is 0. The van der Waals surface area contributed by atoms with Crippen molar-refractivity contribution in [3.05, 3.63) is 33.9 Å². The molecule has 3 N–H and O–H groups in total. The van der Waals surface area contributed by atoms with E-state index in [-0.39, 0.29) is 23.6 Å². The molecule has 2 rings (SSSR count). The van der Waals surface area contributed by atoms with Crippen LogP contribution in [0.25, 0.3) is 10.9 Å². The third-order valence-corrected chi connectivity index (χ3v) is 4.01. The molecule has 0 saturated heterocycles. The lowest BCUT2D eigenvalue weighted by atomic mass is 9.89. The first-order valence-corrected chi connectivity index (χ1v) is 7.38. The second-order valence-electron chi connectivity index (χ2n) is 6.10. The van der Waals surface area contributed by atoms with Crippen LogP contribution < -0.4 is 5.32 Å². The minimum absolute atomic E-state index is 0.161. The summed E-state index contributed by atoms with van der Waals surface area (Å²) in [5.41, 5.74) is 0.714. The van der Waals surface area contributed by atoms with Crippen molar-refractivity contribution >= 4 is 40.0 Å². The maximum Gasteiger partial charge on any atom is 0.269 e. The van der Waals surface area contributed by atoms with Crippen LogP contribution in [0.15, 0.2) is 18.2 Å². The van der Waals surface area contributed by atoms with Crippen molar-refractivity contribution in [1.82, 2.24) is 10.3 Å². The number of aromatic amines is 1. The van der Waals surface area contributed by atoms with Crippen LogP contribution in [0.4, 0.5) is 0 Å². The Morgan fingerprint density at radius 3 is 2.67 bits per heavy atom. The number of aliphatic hydroxyl groups is 1. The monoisotopic (exact) mass is 328 g/mol. The first-order chi connectivity index (χ1) is 9.70.